The van der Waals surface area contributed by atoms with Crippen molar-refractivity contribution in [3.63, 3.8) is 0 Å². The number of benzene rings is 3. The maximum Gasteiger partial charge on any atom is 0.422 e. The Balaban J connectivity index is 1.79. The average molecular weight is 593 g/mol. The molecular formula is C24H16BrF7N2O3. The van der Waals surface area contributed by atoms with Crippen LogP contribution >= 0.6 is 15.9 Å². The first-order chi connectivity index (χ1) is 17.4. The number of rotatable bonds is 8. The molecule has 3 rings (SSSR count). The summed E-state index contributed by atoms with van der Waals surface area (Å²) in [7, 11) is 0. The number of alkyl halides is 3. The summed E-state index contributed by atoms with van der Waals surface area (Å²) in [5.41, 5.74) is -1.27. The number of hydrogen-bond donors (Lipinski definition) is 1. The van der Waals surface area contributed by atoms with E-state index >= 15 is 0 Å². The lowest BCUT2D eigenvalue weighted by molar-refractivity contribution is -0.143. The van der Waals surface area contributed by atoms with E-state index < -0.39 is 46.7 Å². The summed E-state index contributed by atoms with van der Waals surface area (Å²) in [6, 6.07) is 11.0. The number of carbonyl (C=O) groups is 1. The summed E-state index contributed by atoms with van der Waals surface area (Å²) in [4.78, 5) is 11.7. The van der Waals surface area contributed by atoms with Crippen molar-refractivity contribution in [2.45, 2.75) is 19.7 Å². The van der Waals surface area contributed by atoms with Crippen molar-refractivity contribution in [3.05, 3.63) is 92.5 Å². The number of hydrogen-bond acceptors (Lipinski definition) is 5. The molecule has 196 valence electrons. The van der Waals surface area contributed by atoms with E-state index in [1.54, 1.807) is 42.7 Å². The van der Waals surface area contributed by atoms with Crippen LogP contribution in [0.1, 0.15) is 34.0 Å². The minimum absolute atomic E-state index is 0.0393. The maximum atomic E-state index is 14.1. The number of hydrazone groups is 1. The molecule has 0 amide bonds. The molecular weight excluding hydrogens is 577 g/mol. The van der Waals surface area contributed by atoms with Gasteiger partial charge in [0, 0.05) is 10.0 Å². The molecule has 0 radical (unpaired) electrons. The molecule has 13 heteroatoms. The lowest BCUT2D eigenvalue weighted by Crippen LogP contribution is -2.16. The molecule has 1 N–H and O–H groups in total. The highest BCUT2D eigenvalue weighted by Crippen LogP contribution is 2.38. The lowest BCUT2D eigenvalue weighted by Gasteiger charge is -2.13. The third kappa shape index (κ3) is 6.59. The van der Waals surface area contributed by atoms with Gasteiger partial charge in [-0.1, -0.05) is 28.1 Å². The fraction of sp³-hybridized carbons (Fsp3) is 0.167. The molecule has 37 heavy (non-hydrogen) atoms. The molecule has 0 aliphatic rings. The highest BCUT2D eigenvalue weighted by atomic mass is 79.9. The van der Waals surface area contributed by atoms with Crippen molar-refractivity contribution >= 4 is 33.8 Å². The monoisotopic (exact) mass is 592 g/mol. The van der Waals surface area contributed by atoms with Crippen LogP contribution in [0.3, 0.4) is 0 Å². The smallest absolute Gasteiger partial charge is 0.422 e. The first kappa shape index (κ1) is 28.0. The highest BCUT2D eigenvalue weighted by Gasteiger charge is 2.42. The highest BCUT2D eigenvalue weighted by molar-refractivity contribution is 9.10. The Labute approximate surface area is 214 Å². The van der Waals surface area contributed by atoms with Gasteiger partial charge < -0.3 is 9.47 Å². The molecule has 0 spiro atoms. The van der Waals surface area contributed by atoms with Gasteiger partial charge in [-0.3, -0.25) is 5.43 Å². The van der Waals surface area contributed by atoms with Gasteiger partial charge in [0.15, 0.2) is 23.3 Å². The van der Waals surface area contributed by atoms with Crippen LogP contribution in [-0.2, 0) is 17.5 Å². The van der Waals surface area contributed by atoms with Crippen LogP contribution < -0.4 is 10.2 Å². The average Bonchev–Trinajstić information content (AvgIpc) is 2.84. The Bertz CT molecular complexity index is 1300. The van der Waals surface area contributed by atoms with Gasteiger partial charge >= 0.3 is 12.1 Å². The predicted octanol–water partition coefficient (Wildman–Crippen LogP) is 7.23. The van der Waals surface area contributed by atoms with Crippen LogP contribution in [0, 0.1) is 23.3 Å². The molecule has 0 aliphatic heterocycles. The van der Waals surface area contributed by atoms with Crippen LogP contribution in [0.25, 0.3) is 0 Å². The molecule has 3 aromatic rings. The molecule has 0 fully saturated rings. The van der Waals surface area contributed by atoms with E-state index in [1.165, 1.54) is 12.1 Å². The minimum Gasteiger partial charge on any atom is -0.488 e. The van der Waals surface area contributed by atoms with Crippen molar-refractivity contribution in [1.29, 1.82) is 0 Å². The Hall–Kier alpha value is -3.61. The zero-order valence-electron chi connectivity index (χ0n) is 18.7. The van der Waals surface area contributed by atoms with Gasteiger partial charge in [0.25, 0.3) is 0 Å². The normalized spacial score (nSPS) is 11.6. The summed E-state index contributed by atoms with van der Waals surface area (Å²) < 4.78 is 105. The molecule has 0 aliphatic carbocycles. The van der Waals surface area contributed by atoms with Gasteiger partial charge in [0.1, 0.15) is 23.6 Å². The van der Waals surface area contributed by atoms with Gasteiger partial charge in [-0.25, -0.2) is 22.4 Å². The first-order valence-corrected chi connectivity index (χ1v) is 11.1. The Kier molecular flexibility index (Phi) is 8.79. The summed E-state index contributed by atoms with van der Waals surface area (Å²) >= 11 is 3.23. The van der Waals surface area contributed by atoms with Crippen LogP contribution in [-0.4, -0.2) is 18.8 Å². The van der Waals surface area contributed by atoms with Crippen molar-refractivity contribution in [3.8, 4) is 5.75 Å². The summed E-state index contributed by atoms with van der Waals surface area (Å²) in [6.45, 7) is 1.95. The fourth-order valence-electron chi connectivity index (χ4n) is 3.01. The van der Waals surface area contributed by atoms with E-state index in [4.69, 9.17) is 9.47 Å². The van der Waals surface area contributed by atoms with Crippen molar-refractivity contribution < 1.29 is 45.0 Å². The Morgan fingerprint density at radius 1 is 1.00 bits per heavy atom. The summed E-state index contributed by atoms with van der Waals surface area (Å²) in [5, 5.41) is 3.49. The number of ether oxygens (including phenoxy) is 2. The number of nitrogens with one attached hydrogen (secondary N) is 1. The molecule has 0 heterocycles. The number of halogens is 8. The molecule has 0 saturated heterocycles. The zero-order chi connectivity index (χ0) is 27.3. The maximum absolute atomic E-state index is 14.1. The van der Waals surface area contributed by atoms with Crippen LogP contribution in [0.2, 0.25) is 0 Å². The molecule has 0 saturated carbocycles. The molecule has 5 nitrogen and oxygen atoms in total. The Morgan fingerprint density at radius 3 is 2.19 bits per heavy atom. The van der Waals surface area contributed by atoms with Crippen molar-refractivity contribution in [2.75, 3.05) is 12.0 Å². The molecule has 0 unspecified atom stereocenters. The van der Waals surface area contributed by atoms with E-state index in [-0.39, 0.29) is 24.5 Å². The van der Waals surface area contributed by atoms with Crippen molar-refractivity contribution in [1.82, 2.24) is 0 Å². The first-order valence-electron chi connectivity index (χ1n) is 10.3. The second kappa shape index (κ2) is 11.6. The number of anilines is 1. The largest absolute Gasteiger partial charge is 0.488 e. The second-order valence-electron chi connectivity index (χ2n) is 7.26. The topological polar surface area (TPSA) is 59.9 Å². The molecule has 0 bridgehead atoms. The third-order valence-corrected chi connectivity index (χ3v) is 5.25. The third-order valence-electron chi connectivity index (χ3n) is 4.76. The zero-order valence-corrected chi connectivity index (χ0v) is 20.3. The molecule has 0 aromatic heterocycles. The van der Waals surface area contributed by atoms with E-state index in [9.17, 15) is 35.5 Å². The van der Waals surface area contributed by atoms with Crippen LogP contribution in [0.15, 0.2) is 52.0 Å². The van der Waals surface area contributed by atoms with Gasteiger partial charge in [-0.2, -0.15) is 18.3 Å². The lowest BCUT2D eigenvalue weighted by atomic mass is 10.1. The number of nitrogens with zero attached hydrogens (tertiary/aromatic N) is 1. The summed E-state index contributed by atoms with van der Waals surface area (Å²) in [6.07, 6.45) is -4.67. The molecule has 0 atom stereocenters. The SMILES string of the molecule is CCOC(=O)c1ccc(COc2ccc(Br)cc2C=NNc2c(F)c(F)c(C(F)(F)F)c(F)c2F)cc1. The van der Waals surface area contributed by atoms with Gasteiger partial charge in [-0.05, 0) is 42.8 Å². The second-order valence-corrected chi connectivity index (χ2v) is 8.18. The minimum atomic E-state index is -5.65. The Morgan fingerprint density at radius 2 is 1.62 bits per heavy atom. The quantitative estimate of drug-likeness (QED) is 0.0986. The summed E-state index contributed by atoms with van der Waals surface area (Å²) in [5.74, 6) is -10.0. The predicted molar refractivity (Wildman–Crippen MR) is 123 cm³/mol. The van der Waals surface area contributed by atoms with E-state index in [2.05, 4.69) is 21.0 Å². The van der Waals surface area contributed by atoms with Crippen LogP contribution in [0.4, 0.5) is 36.4 Å². The van der Waals surface area contributed by atoms with E-state index in [0.717, 1.165) is 6.21 Å². The van der Waals surface area contributed by atoms with Gasteiger partial charge in [-0.15, -0.1) is 0 Å². The van der Waals surface area contributed by atoms with E-state index in [0.29, 0.717) is 15.6 Å². The standard InChI is InChI=1S/C24H16BrF7N2O3/c1-2-36-23(35)13-5-3-12(4-6-13)11-37-16-8-7-15(25)9-14(16)10-33-34-22-20(28)18(26)17(24(30,31)32)19(27)21(22)29/h3-10,34H,2,11H2,1H3. The van der Waals surface area contributed by atoms with E-state index in [1.807, 2.05) is 0 Å². The number of esters is 1. The van der Waals surface area contributed by atoms with Crippen LogP contribution in [0.5, 0.6) is 5.75 Å². The fourth-order valence-corrected chi connectivity index (χ4v) is 3.39. The van der Waals surface area contributed by atoms with Gasteiger partial charge in [0.05, 0.1) is 18.4 Å². The number of carbonyl (C=O) groups excluding carboxylic acids is 1. The van der Waals surface area contributed by atoms with Crippen molar-refractivity contribution in [2.24, 2.45) is 5.10 Å². The molecule has 3 aromatic carbocycles. The van der Waals surface area contributed by atoms with Gasteiger partial charge in [0.2, 0.25) is 0 Å².